The summed E-state index contributed by atoms with van der Waals surface area (Å²) < 4.78 is 57.3. The van der Waals surface area contributed by atoms with Crippen LogP contribution in [0.5, 0.6) is 11.8 Å². The quantitative estimate of drug-likeness (QED) is 0.259. The number of terminal acetylenes is 1. The van der Waals surface area contributed by atoms with Crippen LogP contribution in [-0.4, -0.2) is 88.6 Å². The molecule has 1 unspecified atom stereocenters. The van der Waals surface area contributed by atoms with Crippen molar-refractivity contribution < 1.29 is 27.8 Å². The van der Waals surface area contributed by atoms with Gasteiger partial charge in [0, 0.05) is 49.9 Å². The molecule has 48 heavy (non-hydrogen) atoms. The van der Waals surface area contributed by atoms with Crippen LogP contribution in [0.2, 0.25) is 0 Å². The van der Waals surface area contributed by atoms with Crippen molar-refractivity contribution in [3.8, 4) is 35.4 Å². The fourth-order valence-corrected chi connectivity index (χ4v) is 8.50. The second-order valence-corrected chi connectivity index (χ2v) is 13.6. The first-order chi connectivity index (χ1) is 23.2. The largest absolute Gasteiger partial charge is 0.508 e. The van der Waals surface area contributed by atoms with Crippen molar-refractivity contribution >= 4 is 27.5 Å². The average Bonchev–Trinajstić information content (AvgIpc) is 3.73. The summed E-state index contributed by atoms with van der Waals surface area (Å²) in [4.78, 5) is 18.3. The van der Waals surface area contributed by atoms with E-state index in [-0.39, 0.29) is 63.2 Å². The summed E-state index contributed by atoms with van der Waals surface area (Å²) >= 11 is 0. The van der Waals surface area contributed by atoms with Crippen LogP contribution >= 0.6 is 0 Å². The highest BCUT2D eigenvalue weighted by Gasteiger charge is 2.48. The van der Waals surface area contributed by atoms with Gasteiger partial charge < -0.3 is 24.8 Å². The normalized spacial score (nSPS) is 26.1. The molecule has 4 aliphatic heterocycles. The molecule has 12 heteroatoms. The number of benzene rings is 2. The minimum atomic E-state index is -0.783. The number of fused-ring (bicyclic) bond motifs is 5. The number of nitrogens with one attached hydrogen (secondary N) is 1. The summed E-state index contributed by atoms with van der Waals surface area (Å²) in [5.74, 6) is 1.28. The van der Waals surface area contributed by atoms with E-state index in [1.807, 2.05) is 0 Å². The summed E-state index contributed by atoms with van der Waals surface area (Å²) in [6.45, 7) is 3.31. The third-order valence-corrected chi connectivity index (χ3v) is 10.5. The Hall–Kier alpha value is -4.44. The van der Waals surface area contributed by atoms with E-state index in [1.165, 1.54) is 30.5 Å². The van der Waals surface area contributed by atoms with E-state index in [2.05, 4.69) is 31.0 Å². The SMILES string of the molecule is C#Cc1c(F)ccc2cc(O)cc(-c3ncc4c(N5C[C@@H]6CC[C@](COC)(C5)N6)nc(OCC56CCCN5C/C(=C\F)C6)nc4c3F)c12. The summed E-state index contributed by atoms with van der Waals surface area (Å²) in [7, 11) is 1.68. The first-order valence-corrected chi connectivity index (χ1v) is 16.2. The smallest absolute Gasteiger partial charge is 0.319 e. The van der Waals surface area contributed by atoms with E-state index < -0.39 is 11.6 Å². The first-order valence-electron chi connectivity index (χ1n) is 16.2. The van der Waals surface area contributed by atoms with E-state index in [1.54, 1.807) is 7.11 Å². The van der Waals surface area contributed by atoms with Crippen LogP contribution in [0.15, 0.2) is 42.4 Å². The number of hydrogen-bond acceptors (Lipinski definition) is 9. The highest BCUT2D eigenvalue weighted by atomic mass is 19.1. The van der Waals surface area contributed by atoms with E-state index in [9.17, 15) is 13.9 Å². The molecule has 6 heterocycles. The number of nitrogens with zero attached hydrogens (tertiary/aromatic N) is 5. The molecule has 2 bridgehead atoms. The van der Waals surface area contributed by atoms with E-state index in [4.69, 9.17) is 20.9 Å². The summed E-state index contributed by atoms with van der Waals surface area (Å²) in [5.41, 5.74) is -0.0537. The Kier molecular flexibility index (Phi) is 7.47. The third-order valence-electron chi connectivity index (χ3n) is 10.5. The van der Waals surface area contributed by atoms with Gasteiger partial charge in [-0.1, -0.05) is 12.0 Å². The number of ether oxygens (including phenoxy) is 2. The molecule has 2 aromatic heterocycles. The number of anilines is 1. The molecule has 3 atom stereocenters. The lowest BCUT2D eigenvalue weighted by Crippen LogP contribution is -2.61. The molecule has 0 spiro atoms. The predicted octanol–water partition coefficient (Wildman–Crippen LogP) is 5.24. The number of halogens is 3. The second-order valence-electron chi connectivity index (χ2n) is 13.6. The van der Waals surface area contributed by atoms with Crippen LogP contribution in [-0.2, 0) is 4.74 Å². The van der Waals surface area contributed by atoms with Crippen molar-refractivity contribution in [2.24, 2.45) is 0 Å². The molecule has 4 fully saturated rings. The van der Waals surface area contributed by atoms with E-state index in [0.717, 1.165) is 37.8 Å². The molecular weight excluding hydrogens is 621 g/mol. The zero-order valence-electron chi connectivity index (χ0n) is 26.5. The molecule has 4 aromatic rings. The van der Waals surface area contributed by atoms with Gasteiger partial charge in [-0.2, -0.15) is 9.97 Å². The molecule has 9 nitrogen and oxygen atoms in total. The van der Waals surface area contributed by atoms with Crippen molar-refractivity contribution in [3.05, 3.63) is 59.6 Å². The highest BCUT2D eigenvalue weighted by molar-refractivity contribution is 6.03. The van der Waals surface area contributed by atoms with Gasteiger partial charge in [0.2, 0.25) is 0 Å². The molecule has 2 aromatic carbocycles. The summed E-state index contributed by atoms with van der Waals surface area (Å²) in [6.07, 6.45) is 12.1. The first kappa shape index (κ1) is 30.9. The minimum absolute atomic E-state index is 0.00440. The van der Waals surface area contributed by atoms with Crippen LogP contribution in [0.3, 0.4) is 0 Å². The molecule has 0 aliphatic carbocycles. The van der Waals surface area contributed by atoms with Gasteiger partial charge in [-0.15, -0.1) is 6.42 Å². The molecule has 0 radical (unpaired) electrons. The molecule has 4 aliphatic rings. The third kappa shape index (κ3) is 4.95. The van der Waals surface area contributed by atoms with Gasteiger partial charge in [-0.25, -0.2) is 13.2 Å². The number of aromatic hydroxyl groups is 1. The lowest BCUT2D eigenvalue weighted by molar-refractivity contribution is 0.107. The Morgan fingerprint density at radius 2 is 2.08 bits per heavy atom. The zero-order valence-corrected chi connectivity index (χ0v) is 26.5. The van der Waals surface area contributed by atoms with Gasteiger partial charge >= 0.3 is 6.01 Å². The average molecular weight is 657 g/mol. The number of phenolic OH excluding ortho intramolecular Hbond substituents is 1. The number of piperazine rings is 1. The lowest BCUT2D eigenvalue weighted by atomic mass is 9.94. The molecule has 248 valence electrons. The molecule has 2 N–H and O–H groups in total. The molecule has 0 amide bonds. The lowest BCUT2D eigenvalue weighted by Gasteiger charge is -2.41. The van der Waals surface area contributed by atoms with Gasteiger partial charge in [0.15, 0.2) is 5.82 Å². The number of pyridine rings is 1. The van der Waals surface area contributed by atoms with Crippen molar-refractivity contribution in [1.29, 1.82) is 0 Å². The molecule has 0 saturated carbocycles. The number of rotatable bonds is 7. The van der Waals surface area contributed by atoms with Gasteiger partial charge in [0.25, 0.3) is 0 Å². The Labute approximate surface area is 275 Å². The molecular formula is C36H35F3N6O3. The van der Waals surface area contributed by atoms with Crippen LogP contribution in [0.4, 0.5) is 19.0 Å². The Balaban J connectivity index is 1.27. The number of phenols is 1. The van der Waals surface area contributed by atoms with Crippen molar-refractivity contribution in [2.45, 2.75) is 49.2 Å². The number of aromatic nitrogens is 3. The van der Waals surface area contributed by atoms with E-state index >= 15 is 4.39 Å². The standard InChI is InChI=1S/C36H35F3N6O3/c1-3-25-28(38)6-5-22-11-24(46)12-26(29(22)25)31-30(39)32-27(15-40-31)33(44-17-23-7-9-35(18-44,43-23)19-47-2)42-34(41-32)48-20-36-8-4-10-45(36)16-21(13-36)14-37/h1,5-6,11-12,14-15,23,43,46H,4,7-10,13,16-20H2,2H3/b21-14-/t23-,35+,36?/m0/s1. The van der Waals surface area contributed by atoms with Crippen LogP contribution in [0.25, 0.3) is 32.9 Å². The zero-order chi connectivity index (χ0) is 33.2. The predicted molar refractivity (Wildman–Crippen MR) is 176 cm³/mol. The van der Waals surface area contributed by atoms with Crippen LogP contribution < -0.4 is 15.0 Å². The van der Waals surface area contributed by atoms with Crippen molar-refractivity contribution in [1.82, 2.24) is 25.2 Å². The second kappa shape index (κ2) is 11.6. The maximum atomic E-state index is 16.9. The topological polar surface area (TPSA) is 95.9 Å². The number of hydrogen-bond donors (Lipinski definition) is 2. The Bertz CT molecular complexity index is 2030. The minimum Gasteiger partial charge on any atom is -0.508 e. The van der Waals surface area contributed by atoms with Crippen molar-refractivity contribution in [2.75, 3.05) is 51.4 Å². The summed E-state index contributed by atoms with van der Waals surface area (Å²) in [6, 6.07) is 5.64. The molecule has 8 rings (SSSR count). The van der Waals surface area contributed by atoms with Crippen LogP contribution in [0, 0.1) is 24.0 Å². The van der Waals surface area contributed by atoms with Gasteiger partial charge in [-0.3, -0.25) is 9.88 Å². The molecule has 4 saturated heterocycles. The highest BCUT2D eigenvalue weighted by Crippen LogP contribution is 2.43. The maximum absolute atomic E-state index is 16.9. The monoisotopic (exact) mass is 656 g/mol. The number of methoxy groups -OCH3 is 1. The van der Waals surface area contributed by atoms with Gasteiger partial charge in [-0.05, 0) is 67.8 Å². The van der Waals surface area contributed by atoms with Crippen molar-refractivity contribution in [3.63, 3.8) is 0 Å². The fourth-order valence-electron chi connectivity index (χ4n) is 8.50. The Morgan fingerprint density at radius 1 is 1.21 bits per heavy atom. The van der Waals surface area contributed by atoms with E-state index in [0.29, 0.717) is 55.6 Å². The Morgan fingerprint density at radius 3 is 2.90 bits per heavy atom. The maximum Gasteiger partial charge on any atom is 0.319 e. The van der Waals surface area contributed by atoms with Gasteiger partial charge in [0.05, 0.1) is 35.0 Å². The fraction of sp³-hybridized carbons (Fsp3) is 0.417. The summed E-state index contributed by atoms with van der Waals surface area (Å²) in [5, 5.41) is 15.4. The van der Waals surface area contributed by atoms with Crippen LogP contribution in [0.1, 0.15) is 37.7 Å². The van der Waals surface area contributed by atoms with Gasteiger partial charge in [0.1, 0.15) is 35.2 Å².